The van der Waals surface area contributed by atoms with Crippen molar-refractivity contribution in [1.29, 1.82) is 0 Å². The summed E-state index contributed by atoms with van der Waals surface area (Å²) < 4.78 is 39.8. The van der Waals surface area contributed by atoms with Crippen molar-refractivity contribution in [1.82, 2.24) is 0 Å². The maximum Gasteiger partial charge on any atom is 0.239 e. The number of benzene rings is 2. The summed E-state index contributed by atoms with van der Waals surface area (Å²) in [5.74, 6) is -0.484. The second-order valence-electron chi connectivity index (χ2n) is 5.36. The van der Waals surface area contributed by atoms with E-state index in [9.17, 15) is 12.8 Å². The van der Waals surface area contributed by atoms with Crippen LogP contribution in [0.4, 0.5) is 10.1 Å². The molecule has 0 saturated heterocycles. The van der Waals surface area contributed by atoms with E-state index < -0.39 is 10.0 Å². The number of nitrogens with zero attached hydrogens (tertiary/aromatic N) is 1. The molecule has 0 aromatic heterocycles. The molecule has 0 N–H and O–H groups in total. The smallest absolute Gasteiger partial charge is 0.239 e. The lowest BCUT2D eigenvalue weighted by Crippen LogP contribution is -2.36. The Labute approximate surface area is 124 Å². The lowest BCUT2D eigenvalue weighted by Gasteiger charge is -2.24. The maximum absolute atomic E-state index is 12.9. The van der Waals surface area contributed by atoms with Crippen molar-refractivity contribution >= 4 is 15.7 Å². The number of hydrogen-bond acceptors (Lipinski definition) is 2. The first-order chi connectivity index (χ1) is 9.97. The van der Waals surface area contributed by atoms with Crippen LogP contribution < -0.4 is 4.31 Å². The summed E-state index contributed by atoms with van der Waals surface area (Å²) in [7, 11) is -3.48. The van der Waals surface area contributed by atoms with Gasteiger partial charge >= 0.3 is 0 Å². The van der Waals surface area contributed by atoms with Gasteiger partial charge in [-0.3, -0.25) is 4.31 Å². The molecule has 21 heavy (non-hydrogen) atoms. The largest absolute Gasteiger partial charge is 0.267 e. The number of sulfonamides is 1. The zero-order valence-electron chi connectivity index (χ0n) is 11.7. The molecule has 5 heteroatoms. The van der Waals surface area contributed by atoms with Crippen LogP contribution in [0.5, 0.6) is 0 Å². The normalized spacial score (nSPS) is 17.8. The molecule has 0 aliphatic carbocycles. The summed E-state index contributed by atoms with van der Waals surface area (Å²) in [4.78, 5) is 0. The number of rotatable bonds is 3. The van der Waals surface area contributed by atoms with Crippen LogP contribution in [0.15, 0.2) is 48.5 Å². The third kappa shape index (κ3) is 2.65. The summed E-state index contributed by atoms with van der Waals surface area (Å²) in [5.41, 5.74) is 2.40. The van der Waals surface area contributed by atoms with Crippen molar-refractivity contribution in [3.63, 3.8) is 0 Å². The minimum Gasteiger partial charge on any atom is -0.267 e. The summed E-state index contributed by atoms with van der Waals surface area (Å²) in [5, 5.41) is 0. The molecule has 110 valence electrons. The molecule has 0 spiro atoms. The zero-order chi connectivity index (χ0) is 15.0. The van der Waals surface area contributed by atoms with Crippen LogP contribution in [0.3, 0.4) is 0 Å². The molecule has 2 aromatic carbocycles. The molecule has 1 aliphatic heterocycles. The highest BCUT2D eigenvalue weighted by molar-refractivity contribution is 7.92. The van der Waals surface area contributed by atoms with Gasteiger partial charge in [-0.1, -0.05) is 30.3 Å². The highest BCUT2D eigenvalue weighted by Gasteiger charge is 2.34. The first-order valence-corrected chi connectivity index (χ1v) is 8.43. The number of anilines is 1. The first kappa shape index (κ1) is 14.1. The van der Waals surface area contributed by atoms with Crippen LogP contribution in [0.2, 0.25) is 0 Å². The molecule has 0 radical (unpaired) electrons. The van der Waals surface area contributed by atoms with Crippen LogP contribution in [0, 0.1) is 5.82 Å². The third-order valence-corrected chi connectivity index (χ3v) is 5.56. The predicted octanol–water partition coefficient (Wildman–Crippen LogP) is 3.11. The molecule has 1 aliphatic rings. The van der Waals surface area contributed by atoms with Gasteiger partial charge in [0.05, 0.1) is 11.4 Å². The van der Waals surface area contributed by atoms with Crippen molar-refractivity contribution in [3.8, 4) is 0 Å². The Balaban J connectivity index is 1.93. The second kappa shape index (κ2) is 5.15. The maximum atomic E-state index is 12.9. The van der Waals surface area contributed by atoms with Crippen LogP contribution in [0.1, 0.15) is 18.1 Å². The summed E-state index contributed by atoms with van der Waals surface area (Å²) in [6, 6.07) is 13.1. The molecule has 3 rings (SSSR count). The second-order valence-corrected chi connectivity index (χ2v) is 7.21. The van der Waals surface area contributed by atoms with Gasteiger partial charge in [0.1, 0.15) is 5.82 Å². The van der Waals surface area contributed by atoms with Crippen LogP contribution in [-0.2, 0) is 22.2 Å². The van der Waals surface area contributed by atoms with Gasteiger partial charge in [-0.15, -0.1) is 0 Å². The summed E-state index contributed by atoms with van der Waals surface area (Å²) in [6.07, 6.45) is 0.721. The Bertz CT molecular complexity index is 756. The molecule has 1 unspecified atom stereocenters. The van der Waals surface area contributed by atoms with Crippen molar-refractivity contribution in [3.05, 3.63) is 65.5 Å². The lowest BCUT2D eigenvalue weighted by atomic mass is 10.1. The Hall–Kier alpha value is -1.88. The number of hydrogen-bond donors (Lipinski definition) is 0. The third-order valence-electron chi connectivity index (χ3n) is 3.71. The van der Waals surface area contributed by atoms with Crippen LogP contribution in [0.25, 0.3) is 0 Å². The fourth-order valence-corrected chi connectivity index (χ4v) is 4.68. The van der Waals surface area contributed by atoms with Gasteiger partial charge in [-0.25, -0.2) is 12.8 Å². The molecule has 0 bridgehead atoms. The van der Waals surface area contributed by atoms with Gasteiger partial charge in [0.2, 0.25) is 10.0 Å². The SMILES string of the molecule is CC1Cc2ccccc2N1S(=O)(=O)Cc1ccc(F)cc1. The summed E-state index contributed by atoms with van der Waals surface area (Å²) in [6.45, 7) is 1.90. The van der Waals surface area contributed by atoms with E-state index in [1.54, 1.807) is 0 Å². The monoisotopic (exact) mass is 305 g/mol. The van der Waals surface area contributed by atoms with Crippen LogP contribution in [-0.4, -0.2) is 14.5 Å². The molecule has 0 fully saturated rings. The minimum absolute atomic E-state index is 0.0900. The quantitative estimate of drug-likeness (QED) is 0.874. The molecular weight excluding hydrogens is 289 g/mol. The fraction of sp³-hybridized carbons (Fsp3) is 0.250. The van der Waals surface area contributed by atoms with Crippen molar-refractivity contribution in [2.24, 2.45) is 0 Å². The van der Waals surface area contributed by atoms with Crippen molar-refractivity contribution < 1.29 is 12.8 Å². The van der Waals surface area contributed by atoms with Gasteiger partial charge in [0.15, 0.2) is 0 Å². The Morgan fingerprint density at radius 3 is 2.52 bits per heavy atom. The van der Waals surface area contributed by atoms with E-state index in [1.165, 1.54) is 28.6 Å². The molecule has 1 heterocycles. The molecule has 0 saturated carbocycles. The van der Waals surface area contributed by atoms with Crippen molar-refractivity contribution in [2.75, 3.05) is 4.31 Å². The topological polar surface area (TPSA) is 37.4 Å². The van der Waals surface area contributed by atoms with E-state index in [4.69, 9.17) is 0 Å². The van der Waals surface area contributed by atoms with Gasteiger partial charge in [0.25, 0.3) is 0 Å². The molecule has 1 atom stereocenters. The molecular formula is C16H16FNO2S. The van der Waals surface area contributed by atoms with Crippen LogP contribution >= 0.6 is 0 Å². The first-order valence-electron chi connectivity index (χ1n) is 6.82. The molecule has 2 aromatic rings. The fourth-order valence-electron chi connectivity index (χ4n) is 2.82. The van der Waals surface area contributed by atoms with E-state index in [0.29, 0.717) is 5.56 Å². The van der Waals surface area contributed by atoms with E-state index in [-0.39, 0.29) is 17.6 Å². The molecule has 0 amide bonds. The highest BCUT2D eigenvalue weighted by atomic mass is 32.2. The Morgan fingerprint density at radius 2 is 1.81 bits per heavy atom. The molecule has 3 nitrogen and oxygen atoms in total. The highest BCUT2D eigenvalue weighted by Crippen LogP contribution is 2.35. The number of para-hydroxylation sites is 1. The standard InChI is InChI=1S/C16H16FNO2S/c1-12-10-14-4-2-3-5-16(14)18(12)21(19,20)11-13-6-8-15(17)9-7-13/h2-9,12H,10-11H2,1H3. The van der Waals surface area contributed by atoms with E-state index in [2.05, 4.69) is 0 Å². The van der Waals surface area contributed by atoms with Gasteiger partial charge in [0, 0.05) is 6.04 Å². The van der Waals surface area contributed by atoms with E-state index in [0.717, 1.165) is 17.7 Å². The number of halogens is 1. The number of fused-ring (bicyclic) bond motifs is 1. The van der Waals surface area contributed by atoms with Gasteiger partial charge in [-0.2, -0.15) is 0 Å². The average molecular weight is 305 g/mol. The zero-order valence-corrected chi connectivity index (χ0v) is 12.5. The Morgan fingerprint density at radius 1 is 1.14 bits per heavy atom. The Kier molecular flexibility index (Phi) is 3.45. The average Bonchev–Trinajstić information content (AvgIpc) is 2.77. The predicted molar refractivity (Wildman–Crippen MR) is 81.1 cm³/mol. The van der Waals surface area contributed by atoms with Gasteiger partial charge in [-0.05, 0) is 42.7 Å². The van der Waals surface area contributed by atoms with Crippen molar-refractivity contribution in [2.45, 2.75) is 25.1 Å². The van der Waals surface area contributed by atoms with E-state index in [1.807, 2.05) is 31.2 Å². The minimum atomic E-state index is -3.48. The lowest BCUT2D eigenvalue weighted by molar-refractivity contribution is 0.583. The van der Waals surface area contributed by atoms with Gasteiger partial charge < -0.3 is 0 Å². The van der Waals surface area contributed by atoms with E-state index >= 15 is 0 Å². The summed E-state index contributed by atoms with van der Waals surface area (Å²) >= 11 is 0.